The zero-order chi connectivity index (χ0) is 20.3. The van der Waals surface area contributed by atoms with Crippen molar-refractivity contribution >= 4 is 33.0 Å². The fourth-order valence-corrected chi connectivity index (χ4v) is 3.50. The molecule has 0 amide bonds. The maximum atomic E-state index is 4.84. The fraction of sp³-hybridized carbons (Fsp3) is 0.0769. The molecule has 0 aliphatic rings. The molecular weight excluding hydrogens is 340 g/mol. The van der Waals surface area contributed by atoms with Crippen LogP contribution in [0.15, 0.2) is 87.0 Å². The first-order chi connectivity index (χ1) is 13.5. The van der Waals surface area contributed by atoms with Crippen LogP contribution in [-0.4, -0.2) is 9.97 Å². The summed E-state index contributed by atoms with van der Waals surface area (Å²) in [6, 6.07) is 8.37. The summed E-state index contributed by atoms with van der Waals surface area (Å²) in [6.07, 6.45) is 11.2. The van der Waals surface area contributed by atoms with Gasteiger partial charge in [0, 0.05) is 22.2 Å². The number of fused-ring (bicyclic) bond motifs is 3. The van der Waals surface area contributed by atoms with E-state index >= 15 is 0 Å². The maximum Gasteiger partial charge on any atom is 0.0974 e. The monoisotopic (exact) mass is 364 g/mol. The van der Waals surface area contributed by atoms with E-state index in [9.17, 15) is 0 Å². The van der Waals surface area contributed by atoms with Gasteiger partial charge in [0.25, 0.3) is 0 Å². The zero-order valence-corrected chi connectivity index (χ0v) is 16.5. The third-order valence-electron chi connectivity index (χ3n) is 4.67. The summed E-state index contributed by atoms with van der Waals surface area (Å²) in [6.45, 7) is 19.6. The molecule has 3 aromatic rings. The second-order valence-corrected chi connectivity index (χ2v) is 6.60. The molecule has 0 bridgehead atoms. The summed E-state index contributed by atoms with van der Waals surface area (Å²) in [4.78, 5) is 9.68. The molecule has 3 rings (SSSR count). The SMILES string of the molecule is C=C/C=C(\C=C)c1cc(C)nc2c1ccc1c(/C(C=C)=C/C=C)cc(C)nc12. The van der Waals surface area contributed by atoms with Crippen molar-refractivity contribution in [3.8, 4) is 0 Å². The molecule has 28 heavy (non-hydrogen) atoms. The van der Waals surface area contributed by atoms with Crippen molar-refractivity contribution < 1.29 is 0 Å². The Hall–Kier alpha value is -3.52. The Balaban J connectivity index is 2.49. The number of aryl methyl sites for hydroxylation is 2. The Bertz CT molecular complexity index is 1100. The van der Waals surface area contributed by atoms with Crippen molar-refractivity contribution in [2.75, 3.05) is 0 Å². The van der Waals surface area contributed by atoms with Crippen molar-refractivity contribution in [1.82, 2.24) is 9.97 Å². The third kappa shape index (κ3) is 3.37. The highest BCUT2D eigenvalue weighted by atomic mass is 14.8. The molecule has 0 radical (unpaired) electrons. The highest BCUT2D eigenvalue weighted by Crippen LogP contribution is 2.34. The number of hydrogen-bond acceptors (Lipinski definition) is 2. The van der Waals surface area contributed by atoms with Gasteiger partial charge in [-0.2, -0.15) is 0 Å². The number of rotatable bonds is 6. The van der Waals surface area contributed by atoms with Crippen molar-refractivity contribution in [2.45, 2.75) is 13.8 Å². The zero-order valence-electron chi connectivity index (χ0n) is 16.5. The minimum atomic E-state index is 0.885. The second kappa shape index (κ2) is 8.01. The lowest BCUT2D eigenvalue weighted by Crippen LogP contribution is -1.96. The average Bonchev–Trinajstić information content (AvgIpc) is 2.69. The highest BCUT2D eigenvalue weighted by molar-refractivity contribution is 6.10. The Kier molecular flexibility index (Phi) is 5.51. The molecule has 0 saturated carbocycles. The van der Waals surface area contributed by atoms with Gasteiger partial charge in [0.2, 0.25) is 0 Å². The van der Waals surface area contributed by atoms with Gasteiger partial charge >= 0.3 is 0 Å². The van der Waals surface area contributed by atoms with Gasteiger partial charge in [0.1, 0.15) is 0 Å². The molecule has 0 unspecified atom stereocenters. The van der Waals surface area contributed by atoms with Gasteiger partial charge in [-0.3, -0.25) is 9.97 Å². The van der Waals surface area contributed by atoms with Crippen LogP contribution < -0.4 is 0 Å². The molecule has 2 nitrogen and oxygen atoms in total. The average molecular weight is 364 g/mol. The van der Waals surface area contributed by atoms with Gasteiger partial charge in [-0.1, -0.05) is 74.9 Å². The van der Waals surface area contributed by atoms with Crippen LogP contribution in [-0.2, 0) is 0 Å². The molecule has 2 heteroatoms. The van der Waals surface area contributed by atoms with Crippen LogP contribution in [0.3, 0.4) is 0 Å². The van der Waals surface area contributed by atoms with Gasteiger partial charge in [-0.25, -0.2) is 0 Å². The van der Waals surface area contributed by atoms with E-state index in [4.69, 9.17) is 9.97 Å². The molecule has 0 saturated heterocycles. The molecule has 2 aromatic heterocycles. The van der Waals surface area contributed by atoms with Gasteiger partial charge in [0.05, 0.1) is 11.0 Å². The number of aromatic nitrogens is 2. The minimum Gasteiger partial charge on any atom is -0.251 e. The minimum absolute atomic E-state index is 0.885. The molecule has 138 valence electrons. The molecule has 0 spiro atoms. The molecular formula is C26H24N2. The van der Waals surface area contributed by atoms with E-state index in [1.54, 1.807) is 12.2 Å². The molecule has 0 aliphatic carbocycles. The van der Waals surface area contributed by atoms with Crippen molar-refractivity contribution in [2.24, 2.45) is 0 Å². The second-order valence-electron chi connectivity index (χ2n) is 6.60. The number of allylic oxidation sites excluding steroid dienone is 8. The van der Waals surface area contributed by atoms with Crippen LogP contribution in [0.2, 0.25) is 0 Å². The van der Waals surface area contributed by atoms with Gasteiger partial charge in [-0.15, -0.1) is 0 Å². The maximum absolute atomic E-state index is 4.84. The fourth-order valence-electron chi connectivity index (χ4n) is 3.50. The van der Waals surface area contributed by atoms with Crippen molar-refractivity contribution in [1.29, 1.82) is 0 Å². The molecule has 0 aliphatic heterocycles. The highest BCUT2D eigenvalue weighted by Gasteiger charge is 2.14. The lowest BCUT2D eigenvalue weighted by molar-refractivity contribution is 1.22. The standard InChI is InChI=1S/C26H24N2/c1-7-11-19(9-3)23-15-17(5)27-25-21(23)13-14-22-24(20(10-4)12-8-2)16-18(6)28-26(22)25/h7-16H,1-4H2,5-6H3/b19-11+,20-12+. The molecule has 0 atom stereocenters. The summed E-state index contributed by atoms with van der Waals surface area (Å²) in [7, 11) is 0. The van der Waals surface area contributed by atoms with E-state index < -0.39 is 0 Å². The van der Waals surface area contributed by atoms with Gasteiger partial charge in [-0.05, 0) is 48.3 Å². The number of benzene rings is 1. The number of pyridine rings is 2. The molecule has 0 N–H and O–H groups in total. The Morgan fingerprint density at radius 2 is 1.11 bits per heavy atom. The summed E-state index contributed by atoms with van der Waals surface area (Å²) in [5.74, 6) is 0. The smallest absolute Gasteiger partial charge is 0.0974 e. The third-order valence-corrected chi connectivity index (χ3v) is 4.67. The predicted octanol–water partition coefficient (Wildman–Crippen LogP) is 6.91. The number of nitrogens with zero attached hydrogens (tertiary/aromatic N) is 2. The van der Waals surface area contributed by atoms with E-state index in [0.717, 1.165) is 55.5 Å². The normalized spacial score (nSPS) is 12.2. The summed E-state index contributed by atoms with van der Waals surface area (Å²) in [5, 5.41) is 2.09. The van der Waals surface area contributed by atoms with Crippen LogP contribution in [0.1, 0.15) is 22.5 Å². The van der Waals surface area contributed by atoms with Gasteiger partial charge in [0.15, 0.2) is 0 Å². The first-order valence-electron chi connectivity index (χ1n) is 9.16. The summed E-state index contributed by atoms with van der Waals surface area (Å²) >= 11 is 0. The molecule has 0 fully saturated rings. The quantitative estimate of drug-likeness (QED) is 0.351. The van der Waals surface area contributed by atoms with E-state index in [0.29, 0.717) is 0 Å². The van der Waals surface area contributed by atoms with E-state index in [-0.39, 0.29) is 0 Å². The van der Waals surface area contributed by atoms with Crippen LogP contribution in [0, 0.1) is 13.8 Å². The topological polar surface area (TPSA) is 25.8 Å². The number of hydrogen-bond donors (Lipinski definition) is 0. The van der Waals surface area contributed by atoms with Crippen molar-refractivity contribution in [3.63, 3.8) is 0 Å². The summed E-state index contributed by atoms with van der Waals surface area (Å²) < 4.78 is 0. The predicted molar refractivity (Wildman–Crippen MR) is 123 cm³/mol. The Morgan fingerprint density at radius 1 is 0.714 bits per heavy atom. The van der Waals surface area contributed by atoms with E-state index in [1.165, 1.54) is 0 Å². The Morgan fingerprint density at radius 3 is 1.43 bits per heavy atom. The van der Waals surface area contributed by atoms with Crippen LogP contribution in [0.25, 0.3) is 33.0 Å². The van der Waals surface area contributed by atoms with Gasteiger partial charge < -0.3 is 0 Å². The molecule has 2 heterocycles. The first-order valence-corrected chi connectivity index (χ1v) is 9.16. The van der Waals surface area contributed by atoms with E-state index in [2.05, 4.69) is 50.6 Å². The van der Waals surface area contributed by atoms with Crippen LogP contribution in [0.4, 0.5) is 0 Å². The first kappa shape index (κ1) is 19.2. The lowest BCUT2D eigenvalue weighted by Gasteiger charge is -2.14. The lowest BCUT2D eigenvalue weighted by atomic mass is 9.95. The van der Waals surface area contributed by atoms with Crippen molar-refractivity contribution in [3.05, 3.63) is 110 Å². The largest absolute Gasteiger partial charge is 0.251 e. The van der Waals surface area contributed by atoms with E-state index in [1.807, 2.05) is 38.2 Å². The van der Waals surface area contributed by atoms with Crippen LogP contribution >= 0.6 is 0 Å². The summed E-state index contributed by atoms with van der Waals surface area (Å²) in [5.41, 5.74) is 7.81. The Labute approximate surface area is 166 Å². The van der Waals surface area contributed by atoms with Crippen LogP contribution in [0.5, 0.6) is 0 Å². The molecule has 1 aromatic carbocycles.